The predicted molar refractivity (Wildman–Crippen MR) is 67.3 cm³/mol. The van der Waals surface area contributed by atoms with Crippen LogP contribution in [0.4, 0.5) is 16.2 Å². The van der Waals surface area contributed by atoms with Gasteiger partial charge in [-0.05, 0) is 24.4 Å². The number of amides is 2. The van der Waals surface area contributed by atoms with Crippen molar-refractivity contribution in [2.45, 2.75) is 6.54 Å². The van der Waals surface area contributed by atoms with Crippen molar-refractivity contribution in [1.82, 2.24) is 4.90 Å². The number of hydrogen-bond donors (Lipinski definition) is 3. The highest BCUT2D eigenvalue weighted by Gasteiger charge is 2.21. The van der Waals surface area contributed by atoms with Gasteiger partial charge < -0.3 is 21.3 Å². The number of rotatable bonds is 1. The van der Waals surface area contributed by atoms with Crippen molar-refractivity contribution in [3.63, 3.8) is 0 Å². The quantitative estimate of drug-likeness (QED) is 0.643. The van der Waals surface area contributed by atoms with Gasteiger partial charge in [0, 0.05) is 24.0 Å². The van der Waals surface area contributed by atoms with Gasteiger partial charge in [-0.2, -0.15) is 0 Å². The van der Waals surface area contributed by atoms with Gasteiger partial charge in [0.25, 0.3) is 0 Å². The number of urea groups is 1. The molecule has 2 rings (SSSR count). The smallest absolute Gasteiger partial charge is 0.321 e. The molecule has 84 valence electrons. The maximum atomic E-state index is 11.4. The Labute approximate surface area is 98.6 Å². The summed E-state index contributed by atoms with van der Waals surface area (Å²) in [5.41, 5.74) is 8.05. The summed E-state index contributed by atoms with van der Waals surface area (Å²) in [6.45, 7) is 0.535. The Balaban J connectivity index is 2.39. The van der Waals surface area contributed by atoms with Crippen LogP contribution in [0.5, 0.6) is 0 Å². The summed E-state index contributed by atoms with van der Waals surface area (Å²) in [6.07, 6.45) is 0. The molecule has 0 fully saturated rings. The van der Waals surface area contributed by atoms with Crippen molar-refractivity contribution < 1.29 is 4.79 Å². The normalized spacial score (nSPS) is 14.1. The molecule has 1 aliphatic heterocycles. The Bertz CT molecular complexity index is 460. The molecule has 0 spiro atoms. The van der Waals surface area contributed by atoms with Gasteiger partial charge in [0.1, 0.15) is 0 Å². The topological polar surface area (TPSA) is 70.4 Å². The van der Waals surface area contributed by atoms with E-state index in [0.29, 0.717) is 6.54 Å². The number of carbonyl (C=O) groups excluding carboxylic acids is 1. The van der Waals surface area contributed by atoms with Crippen LogP contribution in [0.3, 0.4) is 0 Å². The van der Waals surface area contributed by atoms with Gasteiger partial charge in [-0.25, -0.2) is 4.79 Å². The average molecular weight is 236 g/mol. The Kier molecular flexibility index (Phi) is 2.66. The zero-order valence-electron chi connectivity index (χ0n) is 8.78. The van der Waals surface area contributed by atoms with Crippen molar-refractivity contribution in [3.05, 3.63) is 23.8 Å². The second-order valence-electron chi connectivity index (χ2n) is 3.61. The van der Waals surface area contributed by atoms with E-state index in [9.17, 15) is 4.79 Å². The van der Waals surface area contributed by atoms with E-state index in [-0.39, 0.29) is 11.1 Å². The monoisotopic (exact) mass is 236 g/mol. The van der Waals surface area contributed by atoms with Gasteiger partial charge in [0.05, 0.1) is 6.54 Å². The maximum absolute atomic E-state index is 11.4. The van der Waals surface area contributed by atoms with E-state index in [1.54, 1.807) is 11.9 Å². The number of thiocarbonyl (C=S) groups is 1. The molecule has 5 nitrogen and oxygen atoms in total. The molecular weight excluding hydrogens is 224 g/mol. The Hall–Kier alpha value is -1.82. The van der Waals surface area contributed by atoms with Crippen LogP contribution in [0, 0.1) is 0 Å². The van der Waals surface area contributed by atoms with E-state index < -0.39 is 0 Å². The minimum Gasteiger partial charge on any atom is -0.376 e. The summed E-state index contributed by atoms with van der Waals surface area (Å²) in [7, 11) is 1.73. The van der Waals surface area contributed by atoms with Gasteiger partial charge in [-0.1, -0.05) is 6.07 Å². The van der Waals surface area contributed by atoms with Gasteiger partial charge in [0.15, 0.2) is 5.11 Å². The second-order valence-corrected chi connectivity index (χ2v) is 4.05. The van der Waals surface area contributed by atoms with E-state index in [1.165, 1.54) is 0 Å². The number of benzene rings is 1. The minimum absolute atomic E-state index is 0.111. The number of nitrogens with zero attached hydrogens (tertiary/aromatic N) is 1. The van der Waals surface area contributed by atoms with Crippen LogP contribution in [-0.2, 0) is 6.54 Å². The third kappa shape index (κ3) is 1.92. The molecule has 0 saturated carbocycles. The highest BCUT2D eigenvalue weighted by molar-refractivity contribution is 7.80. The summed E-state index contributed by atoms with van der Waals surface area (Å²) >= 11 is 4.80. The first-order chi connectivity index (χ1) is 7.58. The SMILES string of the molecule is CN1Cc2c(cccc2NC(N)=S)NC1=O. The van der Waals surface area contributed by atoms with Crippen LogP contribution in [0.15, 0.2) is 18.2 Å². The molecule has 1 aliphatic rings. The molecule has 4 N–H and O–H groups in total. The molecule has 6 heteroatoms. The number of fused-ring (bicyclic) bond motifs is 1. The number of nitrogens with one attached hydrogen (secondary N) is 2. The maximum Gasteiger partial charge on any atom is 0.321 e. The second kappa shape index (κ2) is 3.97. The summed E-state index contributed by atoms with van der Waals surface area (Å²) in [5, 5.41) is 5.90. The fourth-order valence-electron chi connectivity index (χ4n) is 1.64. The highest BCUT2D eigenvalue weighted by atomic mass is 32.1. The van der Waals surface area contributed by atoms with Gasteiger partial charge in [-0.15, -0.1) is 0 Å². The lowest BCUT2D eigenvalue weighted by atomic mass is 10.1. The van der Waals surface area contributed by atoms with E-state index in [1.807, 2.05) is 18.2 Å². The lowest BCUT2D eigenvalue weighted by Crippen LogP contribution is -2.36. The molecule has 0 aliphatic carbocycles. The summed E-state index contributed by atoms with van der Waals surface area (Å²) < 4.78 is 0. The number of carbonyl (C=O) groups is 1. The standard InChI is InChI=1S/C10H12N4OS/c1-14-5-6-7(12-9(11)16)3-2-4-8(6)13-10(14)15/h2-4H,5H2,1H3,(H,13,15)(H3,11,12,16). The number of hydrogen-bond acceptors (Lipinski definition) is 2. The van der Waals surface area contributed by atoms with Crippen LogP contribution in [0.1, 0.15) is 5.56 Å². The highest BCUT2D eigenvalue weighted by Crippen LogP contribution is 2.29. The fourth-order valence-corrected chi connectivity index (χ4v) is 1.75. The van der Waals surface area contributed by atoms with E-state index in [2.05, 4.69) is 10.6 Å². The molecule has 0 unspecified atom stereocenters. The van der Waals surface area contributed by atoms with Crippen LogP contribution < -0.4 is 16.4 Å². The first-order valence-corrected chi connectivity index (χ1v) is 5.19. The lowest BCUT2D eigenvalue weighted by Gasteiger charge is -2.27. The molecule has 1 heterocycles. The van der Waals surface area contributed by atoms with Crippen molar-refractivity contribution in [2.75, 3.05) is 17.7 Å². The van der Waals surface area contributed by atoms with E-state index >= 15 is 0 Å². The molecule has 0 atom stereocenters. The van der Waals surface area contributed by atoms with Crippen molar-refractivity contribution in [2.24, 2.45) is 5.73 Å². The first kappa shape index (κ1) is 10.7. The summed E-state index contributed by atoms with van der Waals surface area (Å²) in [4.78, 5) is 13.0. The molecular formula is C10H12N4OS. The summed E-state index contributed by atoms with van der Waals surface area (Å²) in [6, 6.07) is 5.46. The van der Waals surface area contributed by atoms with Gasteiger partial charge >= 0.3 is 6.03 Å². The number of nitrogens with two attached hydrogens (primary N) is 1. The lowest BCUT2D eigenvalue weighted by molar-refractivity contribution is 0.218. The average Bonchev–Trinajstić information content (AvgIpc) is 2.20. The molecule has 1 aromatic carbocycles. The summed E-state index contributed by atoms with van der Waals surface area (Å²) in [5.74, 6) is 0. The predicted octanol–water partition coefficient (Wildman–Crippen LogP) is 1.32. The van der Waals surface area contributed by atoms with Gasteiger partial charge in [0.2, 0.25) is 0 Å². The first-order valence-electron chi connectivity index (χ1n) is 4.78. The largest absolute Gasteiger partial charge is 0.376 e. The van der Waals surface area contributed by atoms with E-state index in [4.69, 9.17) is 18.0 Å². The van der Waals surface area contributed by atoms with Crippen LogP contribution >= 0.6 is 12.2 Å². The van der Waals surface area contributed by atoms with Crippen LogP contribution in [-0.4, -0.2) is 23.1 Å². The fraction of sp³-hybridized carbons (Fsp3) is 0.200. The third-order valence-corrected chi connectivity index (χ3v) is 2.52. The van der Waals surface area contributed by atoms with Crippen LogP contribution in [0.25, 0.3) is 0 Å². The van der Waals surface area contributed by atoms with E-state index in [0.717, 1.165) is 16.9 Å². The van der Waals surface area contributed by atoms with Gasteiger partial charge in [-0.3, -0.25) is 0 Å². The molecule has 0 aromatic heterocycles. The Morgan fingerprint density at radius 1 is 1.62 bits per heavy atom. The molecule has 0 saturated heterocycles. The molecule has 2 amide bonds. The van der Waals surface area contributed by atoms with Crippen molar-refractivity contribution >= 4 is 34.7 Å². The zero-order valence-corrected chi connectivity index (χ0v) is 9.60. The zero-order chi connectivity index (χ0) is 11.7. The molecule has 0 bridgehead atoms. The van der Waals surface area contributed by atoms with Crippen molar-refractivity contribution in [3.8, 4) is 0 Å². The minimum atomic E-state index is -0.111. The van der Waals surface area contributed by atoms with Crippen molar-refractivity contribution in [1.29, 1.82) is 0 Å². The Morgan fingerprint density at radius 2 is 2.38 bits per heavy atom. The number of anilines is 2. The third-order valence-electron chi connectivity index (χ3n) is 2.42. The Morgan fingerprint density at radius 3 is 3.06 bits per heavy atom. The van der Waals surface area contributed by atoms with Crippen LogP contribution in [0.2, 0.25) is 0 Å². The molecule has 1 aromatic rings. The molecule has 16 heavy (non-hydrogen) atoms. The molecule has 0 radical (unpaired) electrons.